The Kier molecular flexibility index (Phi) is 5.08. The average Bonchev–Trinajstić information content (AvgIpc) is 2.38. The molecule has 106 valence electrons. The van der Waals surface area contributed by atoms with Gasteiger partial charge in [-0.1, -0.05) is 40.5 Å². The number of nitrogens with zero attached hydrogens (tertiary/aromatic N) is 1. The van der Waals surface area contributed by atoms with Gasteiger partial charge in [0.25, 0.3) is 0 Å². The lowest BCUT2D eigenvalue weighted by atomic mass is 9.82. The fraction of sp³-hybridized carbons (Fsp3) is 1.00. The normalized spacial score (nSPS) is 39.2. The third kappa shape index (κ3) is 3.08. The van der Waals surface area contributed by atoms with E-state index < -0.39 is 0 Å². The van der Waals surface area contributed by atoms with E-state index in [0.717, 1.165) is 23.9 Å². The SMILES string of the molecule is CCC1CN(C2CCCCC2C)C(C(C)C)CN1. The predicted molar refractivity (Wildman–Crippen MR) is 78.8 cm³/mol. The largest absolute Gasteiger partial charge is 0.311 e. The summed E-state index contributed by atoms with van der Waals surface area (Å²) in [6.45, 7) is 12.0. The molecule has 2 fully saturated rings. The van der Waals surface area contributed by atoms with Crippen molar-refractivity contribution in [3.8, 4) is 0 Å². The maximum atomic E-state index is 3.74. The van der Waals surface area contributed by atoms with Gasteiger partial charge in [-0.25, -0.2) is 0 Å². The Morgan fingerprint density at radius 3 is 2.56 bits per heavy atom. The summed E-state index contributed by atoms with van der Waals surface area (Å²) in [5.74, 6) is 1.67. The second-order valence-electron chi connectivity index (χ2n) is 6.85. The molecule has 2 aliphatic rings. The second-order valence-corrected chi connectivity index (χ2v) is 6.85. The highest BCUT2D eigenvalue weighted by molar-refractivity contribution is 4.93. The highest BCUT2D eigenvalue weighted by Crippen LogP contribution is 2.32. The van der Waals surface area contributed by atoms with Gasteiger partial charge in [0.1, 0.15) is 0 Å². The first-order valence-corrected chi connectivity index (χ1v) is 8.12. The van der Waals surface area contributed by atoms with Gasteiger partial charge >= 0.3 is 0 Å². The van der Waals surface area contributed by atoms with Crippen LogP contribution in [0.2, 0.25) is 0 Å². The minimum Gasteiger partial charge on any atom is -0.311 e. The minimum atomic E-state index is 0.717. The molecule has 0 aromatic carbocycles. The number of hydrogen-bond acceptors (Lipinski definition) is 2. The molecular formula is C16H32N2. The van der Waals surface area contributed by atoms with Crippen molar-refractivity contribution < 1.29 is 0 Å². The molecule has 2 rings (SSSR count). The van der Waals surface area contributed by atoms with E-state index in [1.165, 1.54) is 45.2 Å². The van der Waals surface area contributed by atoms with Gasteiger partial charge in [0.05, 0.1) is 0 Å². The lowest BCUT2D eigenvalue weighted by molar-refractivity contribution is 0.0158. The van der Waals surface area contributed by atoms with Crippen molar-refractivity contribution in [1.82, 2.24) is 10.2 Å². The summed E-state index contributed by atoms with van der Waals surface area (Å²) in [4.78, 5) is 2.87. The molecule has 0 radical (unpaired) electrons. The Morgan fingerprint density at radius 1 is 1.22 bits per heavy atom. The van der Waals surface area contributed by atoms with Crippen LogP contribution >= 0.6 is 0 Å². The van der Waals surface area contributed by atoms with Crippen LogP contribution in [0.25, 0.3) is 0 Å². The summed E-state index contributed by atoms with van der Waals surface area (Å²) >= 11 is 0. The van der Waals surface area contributed by atoms with Crippen molar-refractivity contribution in [2.45, 2.75) is 77.9 Å². The molecule has 1 aliphatic heterocycles. The van der Waals surface area contributed by atoms with E-state index in [0.29, 0.717) is 6.04 Å². The molecule has 1 heterocycles. The predicted octanol–water partition coefficient (Wildman–Crippen LogP) is 3.27. The zero-order valence-electron chi connectivity index (χ0n) is 12.8. The van der Waals surface area contributed by atoms with Crippen LogP contribution in [0.4, 0.5) is 0 Å². The maximum absolute atomic E-state index is 3.74. The second kappa shape index (κ2) is 6.38. The van der Waals surface area contributed by atoms with Gasteiger partial charge in [0.15, 0.2) is 0 Å². The summed E-state index contributed by atoms with van der Waals surface area (Å²) in [5.41, 5.74) is 0. The number of rotatable bonds is 3. The quantitative estimate of drug-likeness (QED) is 0.829. The van der Waals surface area contributed by atoms with Crippen molar-refractivity contribution in [3.05, 3.63) is 0 Å². The first-order valence-electron chi connectivity index (χ1n) is 8.12. The van der Waals surface area contributed by atoms with E-state index in [2.05, 4.69) is 37.9 Å². The van der Waals surface area contributed by atoms with E-state index in [4.69, 9.17) is 0 Å². The highest BCUT2D eigenvalue weighted by atomic mass is 15.3. The Hall–Kier alpha value is -0.0800. The molecule has 1 aliphatic carbocycles. The zero-order valence-corrected chi connectivity index (χ0v) is 12.8. The topological polar surface area (TPSA) is 15.3 Å². The molecule has 1 saturated carbocycles. The number of nitrogens with one attached hydrogen (secondary N) is 1. The van der Waals surface area contributed by atoms with Gasteiger partial charge in [-0.3, -0.25) is 4.90 Å². The molecule has 4 atom stereocenters. The van der Waals surface area contributed by atoms with Crippen LogP contribution in [0.15, 0.2) is 0 Å². The molecule has 2 heteroatoms. The molecule has 0 spiro atoms. The van der Waals surface area contributed by atoms with Crippen LogP contribution in [0.1, 0.15) is 59.8 Å². The van der Waals surface area contributed by atoms with Gasteiger partial charge in [0, 0.05) is 31.2 Å². The first kappa shape index (κ1) is 14.3. The minimum absolute atomic E-state index is 0.717. The molecule has 0 amide bonds. The standard InChI is InChI=1S/C16H32N2/c1-5-14-11-18(16(10-17-14)12(2)3)15-9-7-6-8-13(15)4/h12-17H,5-11H2,1-4H3. The van der Waals surface area contributed by atoms with Crippen LogP contribution in [-0.4, -0.2) is 36.1 Å². The van der Waals surface area contributed by atoms with Crippen LogP contribution in [0.5, 0.6) is 0 Å². The summed E-state index contributed by atoms with van der Waals surface area (Å²) in [6.07, 6.45) is 7.04. The van der Waals surface area contributed by atoms with Crippen LogP contribution in [-0.2, 0) is 0 Å². The number of piperazine rings is 1. The average molecular weight is 252 g/mol. The maximum Gasteiger partial charge on any atom is 0.0247 e. The summed E-state index contributed by atoms with van der Waals surface area (Å²) in [6, 6.07) is 2.31. The molecule has 1 N–H and O–H groups in total. The fourth-order valence-corrected chi connectivity index (χ4v) is 3.92. The Morgan fingerprint density at radius 2 is 1.94 bits per heavy atom. The summed E-state index contributed by atoms with van der Waals surface area (Å²) < 4.78 is 0. The summed E-state index contributed by atoms with van der Waals surface area (Å²) in [7, 11) is 0. The molecule has 0 bridgehead atoms. The smallest absolute Gasteiger partial charge is 0.0247 e. The van der Waals surface area contributed by atoms with E-state index in [-0.39, 0.29) is 0 Å². The van der Waals surface area contributed by atoms with Crippen LogP contribution in [0, 0.1) is 11.8 Å². The Balaban J connectivity index is 2.08. The monoisotopic (exact) mass is 252 g/mol. The van der Waals surface area contributed by atoms with Crippen molar-refractivity contribution in [2.24, 2.45) is 11.8 Å². The van der Waals surface area contributed by atoms with Crippen LogP contribution in [0.3, 0.4) is 0 Å². The van der Waals surface area contributed by atoms with E-state index in [1.54, 1.807) is 0 Å². The third-order valence-corrected chi connectivity index (χ3v) is 5.23. The lowest BCUT2D eigenvalue weighted by Crippen LogP contribution is -2.62. The molecule has 18 heavy (non-hydrogen) atoms. The van der Waals surface area contributed by atoms with Crippen molar-refractivity contribution in [3.63, 3.8) is 0 Å². The van der Waals surface area contributed by atoms with E-state index in [9.17, 15) is 0 Å². The molecule has 2 nitrogen and oxygen atoms in total. The molecule has 0 aromatic heterocycles. The van der Waals surface area contributed by atoms with Gasteiger partial charge in [-0.15, -0.1) is 0 Å². The molecular weight excluding hydrogens is 220 g/mol. The highest BCUT2D eigenvalue weighted by Gasteiger charge is 2.36. The van der Waals surface area contributed by atoms with E-state index in [1.807, 2.05) is 0 Å². The van der Waals surface area contributed by atoms with Gasteiger partial charge in [0.2, 0.25) is 0 Å². The zero-order chi connectivity index (χ0) is 13.1. The molecule has 0 aromatic rings. The molecule has 1 saturated heterocycles. The first-order chi connectivity index (χ1) is 8.63. The van der Waals surface area contributed by atoms with Gasteiger partial charge in [-0.05, 0) is 31.1 Å². The van der Waals surface area contributed by atoms with Crippen LogP contribution < -0.4 is 5.32 Å². The van der Waals surface area contributed by atoms with Crippen molar-refractivity contribution >= 4 is 0 Å². The van der Waals surface area contributed by atoms with Crippen molar-refractivity contribution in [2.75, 3.05) is 13.1 Å². The number of hydrogen-bond donors (Lipinski definition) is 1. The van der Waals surface area contributed by atoms with E-state index >= 15 is 0 Å². The fourth-order valence-electron chi connectivity index (χ4n) is 3.92. The van der Waals surface area contributed by atoms with Crippen molar-refractivity contribution in [1.29, 1.82) is 0 Å². The third-order valence-electron chi connectivity index (χ3n) is 5.23. The Bertz CT molecular complexity index is 251. The summed E-state index contributed by atoms with van der Waals surface area (Å²) in [5, 5.41) is 3.74. The van der Waals surface area contributed by atoms with Gasteiger partial charge in [-0.2, -0.15) is 0 Å². The molecule has 4 unspecified atom stereocenters. The Labute approximate surface area is 114 Å². The lowest BCUT2D eigenvalue weighted by Gasteiger charge is -2.49. The van der Waals surface area contributed by atoms with Gasteiger partial charge < -0.3 is 5.32 Å².